The van der Waals surface area contributed by atoms with Gasteiger partial charge < -0.3 is 4.84 Å². The summed E-state index contributed by atoms with van der Waals surface area (Å²) in [4.78, 5) is 18.3. The van der Waals surface area contributed by atoms with Crippen LogP contribution in [0.4, 0.5) is 0 Å². The van der Waals surface area contributed by atoms with Crippen LogP contribution in [0.1, 0.15) is 17.7 Å². The first-order valence-corrected chi connectivity index (χ1v) is 7.63. The molecule has 0 radical (unpaired) electrons. The van der Waals surface area contributed by atoms with Crippen LogP contribution in [0, 0.1) is 6.92 Å². The van der Waals surface area contributed by atoms with Gasteiger partial charge in [-0.05, 0) is 42.3 Å². The van der Waals surface area contributed by atoms with E-state index in [4.69, 9.17) is 4.84 Å². The van der Waals surface area contributed by atoms with Crippen LogP contribution >= 0.6 is 0 Å². The molecule has 0 saturated carbocycles. The van der Waals surface area contributed by atoms with Crippen LogP contribution in [0.15, 0.2) is 53.3 Å². The predicted octanol–water partition coefficient (Wildman–Crippen LogP) is 3.35. The second-order valence-corrected chi connectivity index (χ2v) is 5.72. The lowest BCUT2D eigenvalue weighted by molar-refractivity contribution is 0.0750. The fourth-order valence-corrected chi connectivity index (χ4v) is 3.29. The normalized spacial score (nSPS) is 13.7. The maximum atomic E-state index is 12.7. The van der Waals surface area contributed by atoms with E-state index in [1.165, 1.54) is 15.9 Å². The van der Waals surface area contributed by atoms with E-state index in [1.807, 2.05) is 36.4 Å². The van der Waals surface area contributed by atoms with Gasteiger partial charge >= 0.3 is 0 Å². The summed E-state index contributed by atoms with van der Waals surface area (Å²) in [5.41, 5.74) is 4.45. The molecule has 0 fully saturated rings. The Bertz CT molecular complexity index is 924. The smallest absolute Gasteiger partial charge is 0.291 e. The number of fused-ring (bicyclic) bond motifs is 2. The van der Waals surface area contributed by atoms with Crippen molar-refractivity contribution >= 4 is 10.8 Å². The van der Waals surface area contributed by atoms with Crippen LogP contribution in [0.2, 0.25) is 0 Å². The van der Waals surface area contributed by atoms with Gasteiger partial charge in [0, 0.05) is 5.56 Å². The largest absolute Gasteiger partial charge is 0.411 e. The summed E-state index contributed by atoms with van der Waals surface area (Å²) in [5.74, 6) is 0. The lowest BCUT2D eigenvalue weighted by Gasteiger charge is -2.24. The fraction of sp³-hybridized carbons (Fsp3) is 0.211. The lowest BCUT2D eigenvalue weighted by Crippen LogP contribution is -2.34. The summed E-state index contributed by atoms with van der Waals surface area (Å²) in [6.45, 7) is 2.70. The van der Waals surface area contributed by atoms with Crippen molar-refractivity contribution < 1.29 is 4.84 Å². The Hall–Kier alpha value is -2.55. The molecular weight excluding hydrogens is 274 g/mol. The molecule has 0 saturated heterocycles. The third-order valence-corrected chi connectivity index (χ3v) is 4.34. The molecule has 0 bridgehead atoms. The van der Waals surface area contributed by atoms with Gasteiger partial charge in [-0.15, -0.1) is 4.73 Å². The standard InChI is InChI=1S/C19H17NO2/c1-13-7-2-3-8-14(13)18-15-9-4-5-10-16(15)19(21)20-17(18)11-6-12-22-20/h2-5,7-10H,6,11-12H2,1H3. The zero-order valence-electron chi connectivity index (χ0n) is 12.5. The Morgan fingerprint density at radius 2 is 1.73 bits per heavy atom. The molecule has 110 valence electrons. The van der Waals surface area contributed by atoms with Crippen molar-refractivity contribution in [1.82, 2.24) is 4.73 Å². The molecule has 0 unspecified atom stereocenters. The summed E-state index contributed by atoms with van der Waals surface area (Å²) >= 11 is 0. The third kappa shape index (κ3) is 1.86. The van der Waals surface area contributed by atoms with Gasteiger partial charge in [-0.2, -0.15) is 0 Å². The monoisotopic (exact) mass is 291 g/mol. The molecule has 2 aromatic carbocycles. The molecule has 1 aromatic heterocycles. The van der Waals surface area contributed by atoms with Crippen LogP contribution < -0.4 is 10.4 Å². The van der Waals surface area contributed by atoms with Crippen molar-refractivity contribution in [1.29, 1.82) is 0 Å². The van der Waals surface area contributed by atoms with Crippen molar-refractivity contribution in [3.8, 4) is 11.1 Å². The summed E-state index contributed by atoms with van der Waals surface area (Å²) in [6, 6.07) is 16.1. The Labute approximate surface area is 128 Å². The number of hydrogen-bond acceptors (Lipinski definition) is 2. The first-order valence-electron chi connectivity index (χ1n) is 7.63. The zero-order chi connectivity index (χ0) is 15.1. The van der Waals surface area contributed by atoms with Gasteiger partial charge in [0.05, 0.1) is 11.1 Å². The zero-order valence-corrected chi connectivity index (χ0v) is 12.5. The topological polar surface area (TPSA) is 31.2 Å². The summed E-state index contributed by atoms with van der Waals surface area (Å²) in [6.07, 6.45) is 1.81. The minimum absolute atomic E-state index is 0.0531. The van der Waals surface area contributed by atoms with Crippen molar-refractivity contribution in [3.63, 3.8) is 0 Å². The van der Waals surface area contributed by atoms with Crippen LogP contribution in [0.3, 0.4) is 0 Å². The van der Waals surface area contributed by atoms with Gasteiger partial charge in [-0.3, -0.25) is 4.79 Å². The maximum Gasteiger partial charge on any atom is 0.291 e. The molecule has 1 aliphatic heterocycles. The van der Waals surface area contributed by atoms with Crippen molar-refractivity contribution in [2.45, 2.75) is 19.8 Å². The SMILES string of the molecule is Cc1ccccc1-c1c2n(c(=O)c3ccccc13)OCCC2. The Balaban J connectivity index is 2.20. The summed E-state index contributed by atoms with van der Waals surface area (Å²) < 4.78 is 1.51. The molecule has 0 aliphatic carbocycles. The molecule has 3 nitrogen and oxygen atoms in total. The molecule has 4 rings (SSSR count). The van der Waals surface area contributed by atoms with Crippen molar-refractivity contribution in [2.75, 3.05) is 6.61 Å². The van der Waals surface area contributed by atoms with Crippen LogP contribution in [-0.4, -0.2) is 11.3 Å². The first-order chi connectivity index (χ1) is 10.8. The highest BCUT2D eigenvalue weighted by atomic mass is 16.7. The minimum Gasteiger partial charge on any atom is -0.411 e. The van der Waals surface area contributed by atoms with Crippen LogP contribution in [0.25, 0.3) is 21.9 Å². The number of aromatic nitrogens is 1. The van der Waals surface area contributed by atoms with Gasteiger partial charge in [0.1, 0.15) is 6.61 Å². The van der Waals surface area contributed by atoms with Gasteiger partial charge in [0.15, 0.2) is 0 Å². The average molecular weight is 291 g/mol. The maximum absolute atomic E-state index is 12.7. The molecule has 0 atom stereocenters. The summed E-state index contributed by atoms with van der Waals surface area (Å²) in [5, 5.41) is 1.73. The number of aryl methyl sites for hydroxylation is 1. The van der Waals surface area contributed by atoms with Crippen LogP contribution in [-0.2, 0) is 6.42 Å². The molecule has 3 heteroatoms. The van der Waals surface area contributed by atoms with Gasteiger partial charge in [-0.1, -0.05) is 42.5 Å². The number of hydrogen-bond donors (Lipinski definition) is 0. The van der Waals surface area contributed by atoms with E-state index in [0.29, 0.717) is 12.0 Å². The molecule has 22 heavy (non-hydrogen) atoms. The Morgan fingerprint density at radius 3 is 2.55 bits per heavy atom. The van der Waals surface area contributed by atoms with Gasteiger partial charge in [0.2, 0.25) is 0 Å². The molecule has 0 amide bonds. The van der Waals surface area contributed by atoms with E-state index in [-0.39, 0.29) is 5.56 Å². The Morgan fingerprint density at radius 1 is 1.00 bits per heavy atom. The number of pyridine rings is 1. The van der Waals surface area contributed by atoms with E-state index in [1.54, 1.807) is 0 Å². The van der Waals surface area contributed by atoms with E-state index in [9.17, 15) is 4.79 Å². The molecule has 0 spiro atoms. The first kappa shape index (κ1) is 13.1. The Kier molecular flexibility index (Phi) is 3.00. The number of rotatable bonds is 1. The third-order valence-electron chi connectivity index (χ3n) is 4.34. The highest BCUT2D eigenvalue weighted by Gasteiger charge is 2.21. The van der Waals surface area contributed by atoms with Crippen molar-refractivity contribution in [2.24, 2.45) is 0 Å². The highest BCUT2D eigenvalue weighted by molar-refractivity contribution is 5.98. The number of benzene rings is 2. The van der Waals surface area contributed by atoms with E-state index < -0.39 is 0 Å². The molecule has 3 aromatic rings. The van der Waals surface area contributed by atoms with Crippen molar-refractivity contribution in [3.05, 3.63) is 70.1 Å². The van der Waals surface area contributed by atoms with E-state index >= 15 is 0 Å². The van der Waals surface area contributed by atoms with E-state index in [0.717, 1.165) is 29.5 Å². The quantitative estimate of drug-likeness (QED) is 0.688. The average Bonchev–Trinajstić information content (AvgIpc) is 2.57. The second-order valence-electron chi connectivity index (χ2n) is 5.72. The van der Waals surface area contributed by atoms with Gasteiger partial charge in [-0.25, -0.2) is 0 Å². The highest BCUT2D eigenvalue weighted by Crippen LogP contribution is 2.33. The minimum atomic E-state index is -0.0531. The van der Waals surface area contributed by atoms with E-state index in [2.05, 4.69) is 19.1 Å². The second kappa shape index (κ2) is 5.02. The predicted molar refractivity (Wildman–Crippen MR) is 88.1 cm³/mol. The fourth-order valence-electron chi connectivity index (χ4n) is 3.29. The van der Waals surface area contributed by atoms with Crippen LogP contribution in [0.5, 0.6) is 0 Å². The summed E-state index contributed by atoms with van der Waals surface area (Å²) in [7, 11) is 0. The molecule has 1 aliphatic rings. The molecule has 2 heterocycles. The molecular formula is C19H17NO2. The lowest BCUT2D eigenvalue weighted by atomic mass is 9.92. The van der Waals surface area contributed by atoms with Gasteiger partial charge in [0.25, 0.3) is 5.56 Å². The number of nitrogens with zero attached hydrogens (tertiary/aromatic N) is 1. The molecule has 0 N–H and O–H groups in total.